The summed E-state index contributed by atoms with van der Waals surface area (Å²) in [7, 11) is 0. The molecule has 0 saturated carbocycles. The largest absolute Gasteiger partial charge is 0.465 e. The van der Waals surface area contributed by atoms with Crippen LogP contribution < -0.4 is 0 Å². The van der Waals surface area contributed by atoms with E-state index in [4.69, 9.17) is 16.3 Å². The van der Waals surface area contributed by atoms with E-state index in [1.807, 2.05) is 0 Å². The van der Waals surface area contributed by atoms with E-state index >= 15 is 0 Å². The minimum Gasteiger partial charge on any atom is -0.465 e. The second kappa shape index (κ2) is 5.71. The number of hydrogen-bond acceptors (Lipinski definition) is 2. The van der Waals surface area contributed by atoms with Crippen molar-refractivity contribution in [3.05, 3.63) is 35.6 Å². The molecular weight excluding hydrogens is 219 g/mol. The van der Waals surface area contributed by atoms with Gasteiger partial charge in [-0.3, -0.25) is 4.79 Å². The van der Waals surface area contributed by atoms with E-state index in [-0.39, 0.29) is 5.82 Å². The second-order valence-electron chi connectivity index (χ2n) is 3.05. The van der Waals surface area contributed by atoms with Crippen LogP contribution >= 0.6 is 11.6 Å². The van der Waals surface area contributed by atoms with Crippen molar-refractivity contribution in [1.82, 2.24) is 0 Å². The van der Waals surface area contributed by atoms with Gasteiger partial charge in [0.1, 0.15) is 11.2 Å². The van der Waals surface area contributed by atoms with Crippen molar-refractivity contribution >= 4 is 17.6 Å². The van der Waals surface area contributed by atoms with Gasteiger partial charge < -0.3 is 4.74 Å². The minimum atomic E-state index is -0.713. The summed E-state index contributed by atoms with van der Waals surface area (Å²) in [5.74, 6) is -0.746. The lowest BCUT2D eigenvalue weighted by Gasteiger charge is -2.08. The standard InChI is InChI=1S/C11H12ClFO2/c1-2-15-11(14)10(12)7-8-3-5-9(13)6-4-8/h3-6,10H,2,7H2,1H3. The van der Waals surface area contributed by atoms with Gasteiger partial charge in [-0.1, -0.05) is 12.1 Å². The van der Waals surface area contributed by atoms with Gasteiger partial charge in [0.2, 0.25) is 0 Å². The summed E-state index contributed by atoms with van der Waals surface area (Å²) in [5.41, 5.74) is 0.810. The molecule has 4 heteroatoms. The fourth-order valence-corrected chi connectivity index (χ4v) is 1.38. The topological polar surface area (TPSA) is 26.3 Å². The number of alkyl halides is 1. The first-order valence-corrected chi connectivity index (χ1v) is 5.12. The van der Waals surface area contributed by atoms with Crippen molar-refractivity contribution in [3.63, 3.8) is 0 Å². The SMILES string of the molecule is CCOC(=O)C(Cl)Cc1ccc(F)cc1. The van der Waals surface area contributed by atoms with Crippen molar-refractivity contribution in [2.45, 2.75) is 18.7 Å². The molecule has 0 aliphatic heterocycles. The summed E-state index contributed by atoms with van der Waals surface area (Å²) in [6.07, 6.45) is 0.348. The Kier molecular flexibility index (Phi) is 4.56. The van der Waals surface area contributed by atoms with E-state index in [0.717, 1.165) is 5.56 Å². The maximum absolute atomic E-state index is 12.6. The van der Waals surface area contributed by atoms with Crippen LogP contribution in [-0.2, 0) is 16.0 Å². The fourth-order valence-electron chi connectivity index (χ4n) is 1.14. The number of benzene rings is 1. The van der Waals surface area contributed by atoms with Gasteiger partial charge in [-0.2, -0.15) is 0 Å². The summed E-state index contributed by atoms with van der Waals surface area (Å²) in [4.78, 5) is 11.2. The maximum Gasteiger partial charge on any atom is 0.324 e. The van der Waals surface area contributed by atoms with Crippen molar-refractivity contribution < 1.29 is 13.9 Å². The van der Waals surface area contributed by atoms with Crippen molar-refractivity contribution in [2.75, 3.05) is 6.61 Å². The third-order valence-electron chi connectivity index (χ3n) is 1.87. The summed E-state index contributed by atoms with van der Waals surface area (Å²) >= 11 is 5.82. The van der Waals surface area contributed by atoms with Gasteiger partial charge >= 0.3 is 5.97 Å². The smallest absolute Gasteiger partial charge is 0.324 e. The Morgan fingerprint density at radius 2 is 2.07 bits per heavy atom. The number of carbonyl (C=O) groups excluding carboxylic acids is 1. The highest BCUT2D eigenvalue weighted by molar-refractivity contribution is 6.30. The van der Waals surface area contributed by atoms with Gasteiger partial charge in [-0.15, -0.1) is 11.6 Å². The molecule has 2 nitrogen and oxygen atoms in total. The van der Waals surface area contributed by atoms with Crippen LogP contribution in [0.4, 0.5) is 4.39 Å². The molecule has 0 heterocycles. The molecule has 1 atom stereocenters. The predicted octanol–water partition coefficient (Wildman–Crippen LogP) is 2.54. The van der Waals surface area contributed by atoms with Crippen LogP contribution in [0.3, 0.4) is 0 Å². The number of carbonyl (C=O) groups is 1. The van der Waals surface area contributed by atoms with Crippen LogP contribution in [0.15, 0.2) is 24.3 Å². The molecule has 0 spiro atoms. The Bertz CT molecular complexity index is 324. The third-order valence-corrected chi connectivity index (χ3v) is 2.20. The average Bonchev–Trinajstić information content (AvgIpc) is 2.22. The molecule has 0 bridgehead atoms. The van der Waals surface area contributed by atoms with Crippen LogP contribution in [-0.4, -0.2) is 18.0 Å². The molecule has 1 unspecified atom stereocenters. The van der Waals surface area contributed by atoms with Crippen LogP contribution in [0.1, 0.15) is 12.5 Å². The van der Waals surface area contributed by atoms with E-state index in [0.29, 0.717) is 13.0 Å². The first kappa shape index (κ1) is 12.0. The van der Waals surface area contributed by atoms with Gasteiger partial charge in [0, 0.05) is 0 Å². The lowest BCUT2D eigenvalue weighted by Crippen LogP contribution is -2.20. The number of halogens is 2. The fraction of sp³-hybridized carbons (Fsp3) is 0.364. The minimum absolute atomic E-state index is 0.305. The molecule has 0 fully saturated rings. The highest BCUT2D eigenvalue weighted by atomic mass is 35.5. The molecule has 15 heavy (non-hydrogen) atoms. The van der Waals surface area contributed by atoms with Gasteiger partial charge in [0.15, 0.2) is 0 Å². The maximum atomic E-state index is 12.6. The molecule has 1 aromatic rings. The Balaban J connectivity index is 2.54. The van der Waals surface area contributed by atoms with E-state index in [1.165, 1.54) is 12.1 Å². The Labute approximate surface area is 93.0 Å². The molecule has 0 amide bonds. The van der Waals surface area contributed by atoms with Gasteiger partial charge in [-0.25, -0.2) is 4.39 Å². The van der Waals surface area contributed by atoms with Crippen LogP contribution in [0.25, 0.3) is 0 Å². The van der Waals surface area contributed by atoms with Crippen molar-refractivity contribution in [1.29, 1.82) is 0 Å². The summed E-state index contributed by atoms with van der Waals surface area (Å²) in [5, 5.41) is -0.713. The van der Waals surface area contributed by atoms with E-state index < -0.39 is 11.3 Å². The van der Waals surface area contributed by atoms with Crippen LogP contribution in [0.5, 0.6) is 0 Å². The van der Waals surface area contributed by atoms with Crippen molar-refractivity contribution in [3.8, 4) is 0 Å². The number of rotatable bonds is 4. The van der Waals surface area contributed by atoms with E-state index in [9.17, 15) is 9.18 Å². The molecule has 0 aromatic heterocycles. The lowest BCUT2D eigenvalue weighted by molar-refractivity contribution is -0.142. The first-order chi connectivity index (χ1) is 7.13. The van der Waals surface area contributed by atoms with Gasteiger partial charge in [0.05, 0.1) is 6.61 Å². The monoisotopic (exact) mass is 230 g/mol. The van der Waals surface area contributed by atoms with Gasteiger partial charge in [-0.05, 0) is 31.0 Å². The molecular formula is C11H12ClFO2. The number of esters is 1. The summed E-state index contributed by atoms with van der Waals surface area (Å²) in [6, 6.07) is 5.88. The third kappa shape index (κ3) is 3.88. The molecule has 1 rings (SSSR count). The summed E-state index contributed by atoms with van der Waals surface area (Å²) in [6.45, 7) is 2.03. The number of ether oxygens (including phenoxy) is 1. The normalized spacial score (nSPS) is 12.2. The Morgan fingerprint density at radius 3 is 2.60 bits per heavy atom. The molecule has 0 saturated heterocycles. The van der Waals surface area contributed by atoms with E-state index in [2.05, 4.69) is 0 Å². The highest BCUT2D eigenvalue weighted by Gasteiger charge is 2.16. The predicted molar refractivity (Wildman–Crippen MR) is 56.4 cm³/mol. The van der Waals surface area contributed by atoms with Crippen molar-refractivity contribution in [2.24, 2.45) is 0 Å². The summed E-state index contributed by atoms with van der Waals surface area (Å²) < 4.78 is 17.3. The lowest BCUT2D eigenvalue weighted by atomic mass is 10.1. The molecule has 82 valence electrons. The molecule has 0 aliphatic rings. The average molecular weight is 231 g/mol. The van der Waals surface area contributed by atoms with Crippen LogP contribution in [0, 0.1) is 5.82 Å². The highest BCUT2D eigenvalue weighted by Crippen LogP contribution is 2.10. The zero-order valence-corrected chi connectivity index (χ0v) is 9.13. The van der Waals surface area contributed by atoms with E-state index in [1.54, 1.807) is 19.1 Å². The van der Waals surface area contributed by atoms with Gasteiger partial charge in [0.25, 0.3) is 0 Å². The number of hydrogen-bond donors (Lipinski definition) is 0. The Hall–Kier alpha value is -1.09. The molecule has 0 N–H and O–H groups in total. The first-order valence-electron chi connectivity index (χ1n) is 4.68. The molecule has 0 radical (unpaired) electrons. The molecule has 1 aromatic carbocycles. The zero-order chi connectivity index (χ0) is 11.3. The molecule has 0 aliphatic carbocycles. The second-order valence-corrected chi connectivity index (χ2v) is 3.58. The zero-order valence-electron chi connectivity index (χ0n) is 8.37. The quantitative estimate of drug-likeness (QED) is 0.587. The van der Waals surface area contributed by atoms with Crippen LogP contribution in [0.2, 0.25) is 0 Å². The Morgan fingerprint density at radius 1 is 1.47 bits per heavy atom.